The molecule has 1 aromatic rings. The van der Waals surface area contributed by atoms with Crippen LogP contribution >= 0.6 is 0 Å². The van der Waals surface area contributed by atoms with E-state index in [0.717, 1.165) is 23.5 Å². The van der Waals surface area contributed by atoms with Crippen molar-refractivity contribution < 1.29 is 0 Å². The van der Waals surface area contributed by atoms with Crippen molar-refractivity contribution in [2.24, 2.45) is 0 Å². The van der Waals surface area contributed by atoms with Crippen molar-refractivity contribution >= 4 is 17.3 Å². The Balaban J connectivity index is 1.91. The van der Waals surface area contributed by atoms with E-state index in [9.17, 15) is 0 Å². The van der Waals surface area contributed by atoms with E-state index in [1.54, 1.807) is 0 Å². The van der Waals surface area contributed by atoms with Crippen molar-refractivity contribution in [3.63, 3.8) is 0 Å². The molecule has 0 spiro atoms. The quantitative estimate of drug-likeness (QED) is 0.649. The van der Waals surface area contributed by atoms with Gasteiger partial charge in [-0.05, 0) is 23.6 Å². The summed E-state index contributed by atoms with van der Waals surface area (Å²) in [7, 11) is 0. The van der Waals surface area contributed by atoms with Crippen LogP contribution in [0.25, 0.3) is 0 Å². The van der Waals surface area contributed by atoms with Crippen molar-refractivity contribution in [3.05, 3.63) is 59.7 Å². The van der Waals surface area contributed by atoms with Gasteiger partial charge in [0.15, 0.2) is 5.82 Å². The predicted octanol–water partition coefficient (Wildman–Crippen LogP) is 2.07. The van der Waals surface area contributed by atoms with Gasteiger partial charge in [-0.2, -0.15) is 0 Å². The van der Waals surface area contributed by atoms with Gasteiger partial charge in [0, 0.05) is 0 Å². The number of anilines is 3. The van der Waals surface area contributed by atoms with Gasteiger partial charge in [0.2, 0.25) is 0 Å². The zero-order chi connectivity index (χ0) is 13.1. The number of hydrogen-bond acceptors (Lipinski definition) is 5. The van der Waals surface area contributed by atoms with Gasteiger partial charge >= 0.3 is 0 Å². The zero-order valence-corrected chi connectivity index (χ0v) is 10.4. The van der Waals surface area contributed by atoms with Crippen molar-refractivity contribution in [2.75, 3.05) is 16.6 Å². The summed E-state index contributed by atoms with van der Waals surface area (Å²) in [6, 6.07) is 1.90. The number of allylic oxidation sites excluding steroid dienone is 8. The Hall–Kier alpha value is -2.53. The molecule has 19 heavy (non-hydrogen) atoms. The van der Waals surface area contributed by atoms with Gasteiger partial charge in [0.25, 0.3) is 0 Å². The van der Waals surface area contributed by atoms with Gasteiger partial charge < -0.3 is 11.2 Å². The maximum absolute atomic E-state index is 5.82. The van der Waals surface area contributed by atoms with E-state index in [4.69, 9.17) is 5.73 Å². The average Bonchev–Trinajstić information content (AvgIpc) is 2.80. The van der Waals surface area contributed by atoms with Crippen LogP contribution in [0.15, 0.2) is 54.2 Å². The highest BCUT2D eigenvalue weighted by Gasteiger charge is 2.16. The molecule has 2 aliphatic rings. The molecule has 2 heterocycles. The van der Waals surface area contributed by atoms with E-state index < -0.39 is 0 Å². The molecule has 0 radical (unpaired) electrons. The van der Waals surface area contributed by atoms with Crippen molar-refractivity contribution in [1.29, 1.82) is 0 Å². The van der Waals surface area contributed by atoms with Crippen LogP contribution in [-0.4, -0.2) is 4.98 Å². The molecule has 5 N–H and O–H groups in total. The lowest BCUT2D eigenvalue weighted by molar-refractivity contribution is 0.997. The molecular formula is C14H15N5. The molecule has 0 bridgehead atoms. The van der Waals surface area contributed by atoms with Crippen LogP contribution < -0.4 is 22.1 Å². The Labute approximate surface area is 111 Å². The number of hydrazine groups is 2. The maximum atomic E-state index is 5.82. The second-order valence-electron chi connectivity index (χ2n) is 4.35. The van der Waals surface area contributed by atoms with E-state index in [1.165, 1.54) is 5.57 Å². The average molecular weight is 253 g/mol. The largest absolute Gasteiger partial charge is 0.384 e. The first-order chi connectivity index (χ1) is 9.33. The second kappa shape index (κ2) is 4.99. The van der Waals surface area contributed by atoms with Crippen molar-refractivity contribution in [2.45, 2.75) is 6.42 Å². The summed E-state index contributed by atoms with van der Waals surface area (Å²) >= 11 is 0. The highest BCUT2D eigenvalue weighted by Crippen LogP contribution is 2.30. The molecular weight excluding hydrogens is 238 g/mol. The fraction of sp³-hybridized carbons (Fsp3) is 0.0714. The molecule has 96 valence electrons. The predicted molar refractivity (Wildman–Crippen MR) is 78.2 cm³/mol. The van der Waals surface area contributed by atoms with Gasteiger partial charge in [-0.25, -0.2) is 4.98 Å². The fourth-order valence-electron chi connectivity index (χ4n) is 2.09. The normalized spacial score (nSPS) is 23.9. The number of rotatable bonds is 2. The van der Waals surface area contributed by atoms with Gasteiger partial charge in [0.05, 0.1) is 5.69 Å². The Morgan fingerprint density at radius 2 is 1.89 bits per heavy atom. The van der Waals surface area contributed by atoms with Gasteiger partial charge in [-0.15, -0.1) is 5.53 Å². The van der Waals surface area contributed by atoms with Gasteiger partial charge in [-0.3, -0.25) is 5.43 Å². The third-order valence-corrected chi connectivity index (χ3v) is 2.95. The van der Waals surface area contributed by atoms with E-state index in [2.05, 4.69) is 33.5 Å². The van der Waals surface area contributed by atoms with E-state index in [1.807, 2.05) is 36.4 Å². The number of fused-ring (bicyclic) bond motifs is 1. The third-order valence-electron chi connectivity index (χ3n) is 2.95. The third kappa shape index (κ3) is 2.51. The molecule has 0 unspecified atom stereocenters. The van der Waals surface area contributed by atoms with Gasteiger partial charge in [0.1, 0.15) is 5.82 Å². The summed E-state index contributed by atoms with van der Waals surface area (Å²) in [6.07, 6.45) is 15.1. The second-order valence-corrected chi connectivity index (χ2v) is 4.35. The summed E-state index contributed by atoms with van der Waals surface area (Å²) in [5.41, 5.74) is 17.9. The summed E-state index contributed by atoms with van der Waals surface area (Å²) in [4.78, 5) is 4.22. The van der Waals surface area contributed by atoms with Crippen molar-refractivity contribution in [1.82, 2.24) is 10.5 Å². The number of pyridine rings is 1. The van der Waals surface area contributed by atoms with Crippen LogP contribution in [0.1, 0.15) is 5.56 Å². The monoisotopic (exact) mass is 253 g/mol. The molecule has 0 atom stereocenters. The molecule has 0 amide bonds. The van der Waals surface area contributed by atoms with Gasteiger partial charge in [-0.1, -0.05) is 42.5 Å². The number of nitrogens with zero attached hydrogens (tertiary/aromatic N) is 1. The maximum Gasteiger partial charge on any atom is 0.169 e. The molecule has 1 aliphatic carbocycles. The molecule has 0 aromatic carbocycles. The molecule has 1 aromatic heterocycles. The summed E-state index contributed by atoms with van der Waals surface area (Å²) in [5, 5.41) is 0. The van der Waals surface area contributed by atoms with E-state index in [-0.39, 0.29) is 0 Å². The molecule has 1 aliphatic heterocycles. The van der Waals surface area contributed by atoms with Crippen LogP contribution in [0.5, 0.6) is 0 Å². The lowest BCUT2D eigenvalue weighted by atomic mass is 10.0. The lowest BCUT2D eigenvalue weighted by Gasteiger charge is -2.08. The first-order valence-electron chi connectivity index (χ1n) is 6.10. The molecule has 5 nitrogen and oxygen atoms in total. The number of aromatic nitrogens is 1. The highest BCUT2D eigenvalue weighted by molar-refractivity contribution is 5.74. The minimum absolute atomic E-state index is 0.512. The highest BCUT2D eigenvalue weighted by atomic mass is 15.6. The molecule has 5 heteroatoms. The summed E-state index contributed by atoms with van der Waals surface area (Å²) in [6.45, 7) is 0. The lowest BCUT2D eigenvalue weighted by Crippen LogP contribution is -2.19. The number of nitrogens with two attached hydrogens (primary N) is 1. The molecule has 0 fully saturated rings. The number of hydrogen-bond donors (Lipinski definition) is 4. The topological polar surface area (TPSA) is 75.0 Å². The number of nitrogen functional groups attached to an aromatic ring is 1. The molecule has 3 rings (SSSR count). The number of nitrogens with one attached hydrogen (secondary N) is 3. The Bertz CT molecular complexity index is 611. The van der Waals surface area contributed by atoms with E-state index >= 15 is 0 Å². The van der Waals surface area contributed by atoms with Crippen LogP contribution in [0.2, 0.25) is 0 Å². The first-order valence-corrected chi connectivity index (χ1v) is 6.10. The smallest absolute Gasteiger partial charge is 0.169 e. The SMILES string of the molecule is Nc1cc(CC2=C/C=C\C=C/C=C\2)c2c(n1)NNN2. The minimum atomic E-state index is 0.512. The zero-order valence-electron chi connectivity index (χ0n) is 10.4. The Morgan fingerprint density at radius 3 is 2.84 bits per heavy atom. The fourth-order valence-corrected chi connectivity index (χ4v) is 2.09. The summed E-state index contributed by atoms with van der Waals surface area (Å²) < 4.78 is 0. The molecule has 0 saturated carbocycles. The Morgan fingerprint density at radius 1 is 1.05 bits per heavy atom. The van der Waals surface area contributed by atoms with Crippen LogP contribution in [-0.2, 0) is 6.42 Å². The first kappa shape index (κ1) is 11.6. The van der Waals surface area contributed by atoms with Crippen LogP contribution in [0, 0.1) is 0 Å². The van der Waals surface area contributed by atoms with Crippen molar-refractivity contribution in [3.8, 4) is 0 Å². The van der Waals surface area contributed by atoms with Crippen LogP contribution in [0.4, 0.5) is 17.3 Å². The standard InChI is InChI=1S/C14H15N5/c15-12-9-11(13-14(16-12)18-19-17-13)8-10-6-4-2-1-3-5-7-10/h1-7,9,17,19H,8H2,(H3,15,16,18)/b2-1-,3-1?,4-2?,5-3-,6-4-,7-5?,10-6?,10-7+. The molecule has 0 saturated heterocycles. The van der Waals surface area contributed by atoms with Crippen LogP contribution in [0.3, 0.4) is 0 Å². The minimum Gasteiger partial charge on any atom is -0.384 e. The summed E-state index contributed by atoms with van der Waals surface area (Å²) in [5.74, 6) is 1.25. The van der Waals surface area contributed by atoms with E-state index in [0.29, 0.717) is 5.82 Å². The Kier molecular flexibility index (Phi) is 3.04.